The molecule has 0 radical (unpaired) electrons. The summed E-state index contributed by atoms with van der Waals surface area (Å²) < 4.78 is 7.18. The van der Waals surface area contributed by atoms with Crippen molar-refractivity contribution in [3.05, 3.63) is 84.0 Å². The summed E-state index contributed by atoms with van der Waals surface area (Å²) >= 11 is 0. The van der Waals surface area contributed by atoms with Gasteiger partial charge in [-0.15, -0.1) is 10.2 Å². The van der Waals surface area contributed by atoms with Gasteiger partial charge in [0.25, 0.3) is 5.91 Å². The van der Waals surface area contributed by atoms with E-state index in [1.165, 1.54) is 0 Å². The monoisotopic (exact) mass is 374 g/mol. The van der Waals surface area contributed by atoms with Crippen LogP contribution >= 0.6 is 0 Å². The van der Waals surface area contributed by atoms with Crippen LogP contribution in [-0.4, -0.2) is 30.6 Å². The van der Waals surface area contributed by atoms with Crippen LogP contribution < -0.4 is 5.32 Å². The Morgan fingerprint density at radius 1 is 1.18 bits per heavy atom. The first-order valence-electron chi connectivity index (χ1n) is 8.76. The molecule has 0 aliphatic carbocycles. The molecule has 0 atom stereocenters. The molecule has 0 aliphatic rings. The summed E-state index contributed by atoms with van der Waals surface area (Å²) in [4.78, 5) is 21.0. The molecule has 0 fully saturated rings. The third-order valence-electron chi connectivity index (χ3n) is 4.25. The third kappa shape index (κ3) is 3.80. The van der Waals surface area contributed by atoms with Gasteiger partial charge in [0.2, 0.25) is 0 Å². The van der Waals surface area contributed by atoms with E-state index in [1.54, 1.807) is 43.1 Å². The average Bonchev–Trinajstić information content (AvgIpc) is 3.37. The van der Waals surface area contributed by atoms with Gasteiger partial charge in [-0.25, -0.2) is 0 Å². The van der Waals surface area contributed by atoms with E-state index in [0.29, 0.717) is 35.9 Å². The van der Waals surface area contributed by atoms with Crippen LogP contribution in [0, 0.1) is 6.92 Å². The molecule has 0 spiro atoms. The fraction of sp³-hybridized carbons (Fsp3) is 0.150. The van der Waals surface area contributed by atoms with E-state index in [9.17, 15) is 4.79 Å². The van der Waals surface area contributed by atoms with Gasteiger partial charge in [-0.05, 0) is 42.8 Å². The first-order chi connectivity index (χ1) is 13.7. The normalized spacial score (nSPS) is 10.8. The minimum atomic E-state index is -0.213. The number of hydrogen-bond acceptors (Lipinski definition) is 6. The molecule has 4 aromatic heterocycles. The predicted molar refractivity (Wildman–Crippen MR) is 101 cm³/mol. The molecule has 0 saturated carbocycles. The van der Waals surface area contributed by atoms with Crippen molar-refractivity contribution >= 4 is 5.91 Å². The highest BCUT2D eigenvalue weighted by Crippen LogP contribution is 2.18. The van der Waals surface area contributed by atoms with Gasteiger partial charge in [-0.2, -0.15) is 0 Å². The van der Waals surface area contributed by atoms with E-state index >= 15 is 0 Å². The summed E-state index contributed by atoms with van der Waals surface area (Å²) in [5.41, 5.74) is 2.10. The Labute approximate surface area is 161 Å². The molecule has 4 rings (SSSR count). The average molecular weight is 374 g/mol. The maximum atomic E-state index is 12.5. The van der Waals surface area contributed by atoms with E-state index in [-0.39, 0.29) is 5.91 Å². The van der Waals surface area contributed by atoms with Crippen molar-refractivity contribution in [2.24, 2.45) is 0 Å². The molecule has 0 aromatic carbocycles. The molecular formula is C20H18N6O2. The second-order valence-electron chi connectivity index (χ2n) is 6.21. The molecule has 8 heteroatoms. The number of aryl methyl sites for hydroxylation is 1. The Bertz CT molecular complexity index is 1070. The zero-order valence-electron chi connectivity index (χ0n) is 15.2. The predicted octanol–water partition coefficient (Wildman–Crippen LogP) is 2.61. The molecule has 0 aliphatic heterocycles. The first-order valence-corrected chi connectivity index (χ1v) is 8.76. The van der Waals surface area contributed by atoms with Crippen molar-refractivity contribution in [1.82, 2.24) is 30.0 Å². The van der Waals surface area contributed by atoms with Crippen molar-refractivity contribution in [1.29, 1.82) is 0 Å². The van der Waals surface area contributed by atoms with Gasteiger partial charge in [0.15, 0.2) is 5.82 Å². The van der Waals surface area contributed by atoms with E-state index in [1.807, 2.05) is 29.7 Å². The minimum Gasteiger partial charge on any atom is -0.467 e. The number of nitrogens with one attached hydrogen (secondary N) is 1. The fourth-order valence-corrected chi connectivity index (χ4v) is 2.81. The van der Waals surface area contributed by atoms with Crippen LogP contribution in [0.15, 0.2) is 65.7 Å². The Balaban J connectivity index is 1.57. The van der Waals surface area contributed by atoms with Gasteiger partial charge >= 0.3 is 0 Å². The zero-order valence-corrected chi connectivity index (χ0v) is 15.2. The van der Waals surface area contributed by atoms with Crippen molar-refractivity contribution < 1.29 is 9.21 Å². The number of pyridine rings is 2. The van der Waals surface area contributed by atoms with Crippen LogP contribution in [0.5, 0.6) is 0 Å². The van der Waals surface area contributed by atoms with E-state index in [4.69, 9.17) is 4.42 Å². The highest BCUT2D eigenvalue weighted by molar-refractivity contribution is 5.94. The lowest BCUT2D eigenvalue weighted by molar-refractivity contribution is 0.0948. The Morgan fingerprint density at radius 3 is 2.89 bits per heavy atom. The van der Waals surface area contributed by atoms with Gasteiger partial charge in [-0.1, -0.05) is 6.07 Å². The number of carbonyl (C=O) groups excluding carboxylic acids is 1. The zero-order chi connectivity index (χ0) is 19.3. The number of amides is 1. The summed E-state index contributed by atoms with van der Waals surface area (Å²) in [6.45, 7) is 2.77. The summed E-state index contributed by atoms with van der Waals surface area (Å²) in [7, 11) is 0. The topological polar surface area (TPSA) is 98.7 Å². The standard InChI is InChI=1S/C20H18N6O2/c1-14-24-25-19(26(14)13-15-4-2-7-21-11-15)18-10-16(6-8-22-18)20(27)23-12-17-5-3-9-28-17/h2-11H,12-13H2,1H3,(H,23,27). The van der Waals surface area contributed by atoms with Crippen LogP contribution in [0.4, 0.5) is 0 Å². The number of nitrogens with zero attached hydrogens (tertiary/aromatic N) is 5. The van der Waals surface area contributed by atoms with Gasteiger partial charge in [-0.3, -0.25) is 14.8 Å². The van der Waals surface area contributed by atoms with Crippen molar-refractivity contribution in [3.63, 3.8) is 0 Å². The van der Waals surface area contributed by atoms with Gasteiger partial charge in [0, 0.05) is 24.2 Å². The quantitative estimate of drug-likeness (QED) is 0.557. The molecule has 8 nitrogen and oxygen atoms in total. The maximum absolute atomic E-state index is 12.5. The van der Waals surface area contributed by atoms with Gasteiger partial charge in [0.05, 0.1) is 19.4 Å². The molecule has 0 saturated heterocycles. The third-order valence-corrected chi connectivity index (χ3v) is 4.25. The fourth-order valence-electron chi connectivity index (χ4n) is 2.81. The van der Waals surface area contributed by atoms with Crippen LogP contribution in [0.3, 0.4) is 0 Å². The number of rotatable bonds is 6. The van der Waals surface area contributed by atoms with Crippen LogP contribution in [0.25, 0.3) is 11.5 Å². The van der Waals surface area contributed by atoms with Crippen molar-refractivity contribution in [2.45, 2.75) is 20.0 Å². The summed E-state index contributed by atoms with van der Waals surface area (Å²) in [6.07, 6.45) is 6.70. The lowest BCUT2D eigenvalue weighted by Crippen LogP contribution is -2.22. The molecule has 0 bridgehead atoms. The van der Waals surface area contributed by atoms with Crippen molar-refractivity contribution in [2.75, 3.05) is 0 Å². The van der Waals surface area contributed by atoms with Crippen molar-refractivity contribution in [3.8, 4) is 11.5 Å². The van der Waals surface area contributed by atoms with Gasteiger partial charge in [0.1, 0.15) is 17.3 Å². The number of aromatic nitrogens is 5. The number of furan rings is 1. The molecular weight excluding hydrogens is 356 g/mol. The largest absolute Gasteiger partial charge is 0.467 e. The molecule has 1 N–H and O–H groups in total. The molecule has 28 heavy (non-hydrogen) atoms. The number of hydrogen-bond donors (Lipinski definition) is 1. The van der Waals surface area contributed by atoms with E-state index < -0.39 is 0 Å². The lowest BCUT2D eigenvalue weighted by atomic mass is 10.2. The summed E-state index contributed by atoms with van der Waals surface area (Å²) in [5.74, 6) is 1.83. The number of carbonyl (C=O) groups is 1. The highest BCUT2D eigenvalue weighted by Gasteiger charge is 2.15. The Hall–Kier alpha value is -3.81. The van der Waals surface area contributed by atoms with Crippen LogP contribution in [0.1, 0.15) is 27.5 Å². The second-order valence-corrected chi connectivity index (χ2v) is 6.21. The minimum absolute atomic E-state index is 0.213. The molecule has 4 aromatic rings. The highest BCUT2D eigenvalue weighted by atomic mass is 16.3. The van der Waals surface area contributed by atoms with E-state index in [2.05, 4.69) is 25.5 Å². The first kappa shape index (κ1) is 17.6. The summed E-state index contributed by atoms with van der Waals surface area (Å²) in [6, 6.07) is 10.8. The Kier molecular flexibility index (Phi) is 4.92. The molecule has 4 heterocycles. The molecule has 0 unspecified atom stereocenters. The smallest absolute Gasteiger partial charge is 0.251 e. The molecule has 1 amide bonds. The SMILES string of the molecule is Cc1nnc(-c2cc(C(=O)NCc3ccco3)ccn2)n1Cc1cccnc1. The van der Waals surface area contributed by atoms with E-state index in [0.717, 1.165) is 11.4 Å². The Morgan fingerprint density at radius 2 is 2.11 bits per heavy atom. The van der Waals surface area contributed by atoms with Crippen LogP contribution in [0.2, 0.25) is 0 Å². The van der Waals surface area contributed by atoms with Gasteiger partial charge < -0.3 is 14.3 Å². The lowest BCUT2D eigenvalue weighted by Gasteiger charge is -2.09. The maximum Gasteiger partial charge on any atom is 0.251 e. The summed E-state index contributed by atoms with van der Waals surface area (Å²) in [5, 5.41) is 11.3. The van der Waals surface area contributed by atoms with Crippen LogP contribution in [-0.2, 0) is 13.1 Å². The molecule has 140 valence electrons. The second kappa shape index (κ2) is 7.83.